The molecule has 0 saturated heterocycles. The lowest BCUT2D eigenvalue weighted by atomic mass is 10.2. The second-order valence-electron chi connectivity index (χ2n) is 4.87. The topological polar surface area (TPSA) is 102 Å². The van der Waals surface area contributed by atoms with Crippen LogP contribution in [0, 0.1) is 0 Å². The molecule has 124 valence electrons. The van der Waals surface area contributed by atoms with Crippen LogP contribution in [0.25, 0.3) is 0 Å². The van der Waals surface area contributed by atoms with E-state index in [1.54, 1.807) is 18.2 Å². The number of anilines is 2. The maximum absolute atomic E-state index is 12.1. The molecule has 1 aromatic heterocycles. The highest BCUT2D eigenvalue weighted by atomic mass is 35.5. The molecule has 2 N–H and O–H groups in total. The molecule has 2 aromatic rings. The average Bonchev–Trinajstić information content (AvgIpc) is 2.55. The van der Waals surface area contributed by atoms with Crippen molar-refractivity contribution in [1.29, 1.82) is 0 Å². The van der Waals surface area contributed by atoms with Crippen molar-refractivity contribution in [2.24, 2.45) is 0 Å². The molecule has 2 heterocycles. The largest absolute Gasteiger partial charge is 0.482 e. The van der Waals surface area contributed by atoms with Gasteiger partial charge in [-0.25, -0.2) is 4.68 Å². The number of hydrogen-bond donors (Lipinski definition) is 2. The first-order valence-corrected chi connectivity index (χ1v) is 7.47. The number of rotatable bonds is 3. The molecule has 1 aromatic carbocycles. The van der Waals surface area contributed by atoms with Crippen molar-refractivity contribution >= 4 is 46.4 Å². The monoisotopic (exact) mass is 368 g/mol. The van der Waals surface area contributed by atoms with E-state index in [0.717, 1.165) is 4.68 Å². The first-order valence-electron chi connectivity index (χ1n) is 6.71. The summed E-state index contributed by atoms with van der Waals surface area (Å²) in [5.74, 6) is -0.288. The van der Waals surface area contributed by atoms with Gasteiger partial charge in [0.25, 0.3) is 11.5 Å². The lowest BCUT2D eigenvalue weighted by molar-refractivity contribution is -0.119. The van der Waals surface area contributed by atoms with Crippen LogP contribution in [0.4, 0.5) is 11.4 Å². The number of hydrogen-bond acceptors (Lipinski definition) is 5. The van der Waals surface area contributed by atoms with Crippen molar-refractivity contribution < 1.29 is 14.3 Å². The summed E-state index contributed by atoms with van der Waals surface area (Å²) in [6.07, 6.45) is 1.19. The summed E-state index contributed by atoms with van der Waals surface area (Å²) < 4.78 is 6.16. The third-order valence-corrected chi connectivity index (χ3v) is 3.88. The fraction of sp³-hybridized carbons (Fsp3) is 0.143. The highest BCUT2D eigenvalue weighted by molar-refractivity contribution is 6.41. The van der Waals surface area contributed by atoms with Crippen LogP contribution in [0.3, 0.4) is 0 Å². The number of carbonyl (C=O) groups is 2. The second kappa shape index (κ2) is 6.50. The van der Waals surface area contributed by atoms with Gasteiger partial charge in [0, 0.05) is 11.8 Å². The molecule has 10 heteroatoms. The molecule has 24 heavy (non-hydrogen) atoms. The van der Waals surface area contributed by atoms with Crippen LogP contribution in [0.2, 0.25) is 10.0 Å². The third kappa shape index (κ3) is 3.34. The Labute approximate surface area is 145 Å². The van der Waals surface area contributed by atoms with Gasteiger partial charge in [0.2, 0.25) is 5.91 Å². The number of nitrogens with zero attached hydrogens (tertiary/aromatic N) is 2. The van der Waals surface area contributed by atoms with Crippen molar-refractivity contribution in [3.05, 3.63) is 44.8 Å². The van der Waals surface area contributed by atoms with E-state index in [1.807, 2.05) is 0 Å². The van der Waals surface area contributed by atoms with Gasteiger partial charge in [-0.05, 0) is 12.1 Å². The lowest BCUT2D eigenvalue weighted by Gasteiger charge is -2.18. The number of nitrogens with one attached hydrogen (secondary N) is 2. The first-order chi connectivity index (χ1) is 11.4. The van der Waals surface area contributed by atoms with Gasteiger partial charge in [-0.1, -0.05) is 23.2 Å². The normalized spacial score (nSPS) is 12.8. The molecule has 2 amide bonds. The molecule has 0 spiro atoms. The SMILES string of the molecule is O=C(Cn1ncc(Cl)c(Cl)c1=O)Nc1ccc2c(c1)OCC(=O)N2. The van der Waals surface area contributed by atoms with E-state index in [4.69, 9.17) is 27.9 Å². The first kappa shape index (κ1) is 16.3. The number of benzene rings is 1. The van der Waals surface area contributed by atoms with Crippen molar-refractivity contribution in [3.8, 4) is 5.75 Å². The number of ether oxygens (including phenoxy) is 1. The Morgan fingerprint density at radius 3 is 2.96 bits per heavy atom. The minimum atomic E-state index is -0.657. The second-order valence-corrected chi connectivity index (χ2v) is 5.65. The minimum absolute atomic E-state index is 0.0206. The quantitative estimate of drug-likeness (QED) is 0.854. The fourth-order valence-electron chi connectivity index (χ4n) is 2.05. The van der Waals surface area contributed by atoms with Gasteiger partial charge in [-0.2, -0.15) is 5.10 Å². The van der Waals surface area contributed by atoms with Crippen molar-refractivity contribution in [3.63, 3.8) is 0 Å². The molecule has 0 aliphatic carbocycles. The van der Waals surface area contributed by atoms with E-state index >= 15 is 0 Å². The van der Waals surface area contributed by atoms with E-state index in [-0.39, 0.29) is 29.1 Å². The van der Waals surface area contributed by atoms with E-state index in [9.17, 15) is 14.4 Å². The van der Waals surface area contributed by atoms with Gasteiger partial charge in [-0.15, -0.1) is 0 Å². The standard InChI is InChI=1S/C14H10Cl2N4O4/c15-8-4-17-20(14(23)13(8)16)5-11(21)18-7-1-2-9-10(3-7)24-6-12(22)19-9/h1-4H,5-6H2,(H,18,21)(H,19,22). The molecule has 0 saturated carbocycles. The molecule has 0 bridgehead atoms. The van der Waals surface area contributed by atoms with Gasteiger partial charge in [0.15, 0.2) is 6.61 Å². The lowest BCUT2D eigenvalue weighted by Crippen LogP contribution is -2.30. The van der Waals surface area contributed by atoms with Crippen LogP contribution in [-0.2, 0) is 16.1 Å². The van der Waals surface area contributed by atoms with Crippen molar-refractivity contribution in [2.75, 3.05) is 17.2 Å². The van der Waals surface area contributed by atoms with E-state index in [0.29, 0.717) is 17.1 Å². The highest BCUT2D eigenvalue weighted by Crippen LogP contribution is 2.30. The molecule has 0 atom stereocenters. The summed E-state index contributed by atoms with van der Waals surface area (Å²) in [5.41, 5.74) is 0.311. The summed E-state index contributed by atoms with van der Waals surface area (Å²) in [7, 11) is 0. The zero-order chi connectivity index (χ0) is 17.3. The Balaban J connectivity index is 1.73. The number of carbonyl (C=O) groups excluding carboxylic acids is 2. The summed E-state index contributed by atoms with van der Waals surface area (Å²) in [5, 5.41) is 8.82. The molecule has 8 nitrogen and oxygen atoms in total. The van der Waals surface area contributed by atoms with Crippen LogP contribution in [0.5, 0.6) is 5.75 Å². The number of halogens is 2. The van der Waals surface area contributed by atoms with Gasteiger partial charge in [-0.3, -0.25) is 14.4 Å². The molecule has 0 unspecified atom stereocenters. The van der Waals surface area contributed by atoms with Crippen LogP contribution in [0.15, 0.2) is 29.2 Å². The maximum Gasteiger partial charge on any atom is 0.287 e. The van der Waals surface area contributed by atoms with Crippen molar-refractivity contribution in [2.45, 2.75) is 6.54 Å². The van der Waals surface area contributed by atoms with E-state index in [2.05, 4.69) is 15.7 Å². The predicted molar refractivity (Wildman–Crippen MR) is 87.7 cm³/mol. The highest BCUT2D eigenvalue weighted by Gasteiger charge is 2.17. The number of aromatic nitrogens is 2. The van der Waals surface area contributed by atoms with E-state index < -0.39 is 11.5 Å². The van der Waals surface area contributed by atoms with Gasteiger partial charge in [0.1, 0.15) is 17.3 Å². The summed E-state index contributed by atoms with van der Waals surface area (Å²) >= 11 is 11.4. The van der Waals surface area contributed by atoms with Crippen molar-refractivity contribution in [1.82, 2.24) is 9.78 Å². The number of fused-ring (bicyclic) bond motifs is 1. The van der Waals surface area contributed by atoms with Gasteiger partial charge in [0.05, 0.1) is 16.9 Å². The van der Waals surface area contributed by atoms with E-state index in [1.165, 1.54) is 6.20 Å². The van der Waals surface area contributed by atoms with Crippen LogP contribution in [-0.4, -0.2) is 28.2 Å². The number of amides is 2. The van der Waals surface area contributed by atoms with Gasteiger partial charge >= 0.3 is 0 Å². The molecule has 0 fully saturated rings. The molecule has 3 rings (SSSR count). The Hall–Kier alpha value is -2.58. The smallest absolute Gasteiger partial charge is 0.287 e. The molecular formula is C14H10Cl2N4O4. The Morgan fingerprint density at radius 2 is 2.17 bits per heavy atom. The summed E-state index contributed by atoms with van der Waals surface area (Å²) in [4.78, 5) is 35.1. The Kier molecular flexibility index (Phi) is 4.41. The Morgan fingerprint density at radius 1 is 1.38 bits per heavy atom. The molecule has 1 aliphatic heterocycles. The molecular weight excluding hydrogens is 359 g/mol. The fourth-order valence-corrected chi connectivity index (χ4v) is 2.32. The zero-order valence-electron chi connectivity index (χ0n) is 12.0. The predicted octanol–water partition coefficient (Wildman–Crippen LogP) is 1.52. The average molecular weight is 369 g/mol. The molecule has 0 radical (unpaired) electrons. The van der Waals surface area contributed by atoms with Crippen LogP contribution < -0.4 is 20.9 Å². The van der Waals surface area contributed by atoms with Gasteiger partial charge < -0.3 is 15.4 Å². The maximum atomic E-state index is 12.1. The zero-order valence-corrected chi connectivity index (χ0v) is 13.5. The summed E-state index contributed by atoms with van der Waals surface area (Å²) in [6.45, 7) is -0.419. The van der Waals surface area contributed by atoms with Crippen LogP contribution in [0.1, 0.15) is 0 Å². The van der Waals surface area contributed by atoms with Crippen LogP contribution >= 0.6 is 23.2 Å². The Bertz CT molecular complexity index is 897. The minimum Gasteiger partial charge on any atom is -0.482 e. The molecule has 1 aliphatic rings. The summed E-state index contributed by atoms with van der Waals surface area (Å²) in [6, 6.07) is 4.76. The third-order valence-electron chi connectivity index (χ3n) is 3.13.